The van der Waals surface area contributed by atoms with Crippen LogP contribution in [-0.4, -0.2) is 15.3 Å². The van der Waals surface area contributed by atoms with E-state index in [0.717, 1.165) is 5.56 Å². The summed E-state index contributed by atoms with van der Waals surface area (Å²) in [6.45, 7) is 2.40. The summed E-state index contributed by atoms with van der Waals surface area (Å²) in [6.07, 6.45) is 0. The third kappa shape index (κ3) is 3.17. The van der Waals surface area contributed by atoms with Gasteiger partial charge in [0.15, 0.2) is 0 Å². The van der Waals surface area contributed by atoms with Gasteiger partial charge in [0.2, 0.25) is 0 Å². The summed E-state index contributed by atoms with van der Waals surface area (Å²) in [5.74, 6) is 0.337. The minimum Gasteiger partial charge on any atom is -0.508 e. The van der Waals surface area contributed by atoms with Gasteiger partial charge in [-0.3, -0.25) is 0 Å². The van der Waals surface area contributed by atoms with E-state index in [2.05, 4.69) is 5.32 Å². The molecule has 4 N–H and O–H groups in total. The van der Waals surface area contributed by atoms with E-state index in [1.165, 1.54) is 12.1 Å². The highest BCUT2D eigenvalue weighted by molar-refractivity contribution is 5.40. The molecule has 0 heterocycles. The first kappa shape index (κ1) is 13.2. The molecule has 19 heavy (non-hydrogen) atoms. The Morgan fingerprint density at radius 3 is 2.42 bits per heavy atom. The third-order valence-electron chi connectivity index (χ3n) is 3.07. The molecule has 0 bridgehead atoms. The summed E-state index contributed by atoms with van der Waals surface area (Å²) in [6, 6.07) is 11.5. The zero-order valence-electron chi connectivity index (χ0n) is 10.7. The van der Waals surface area contributed by atoms with Gasteiger partial charge in [-0.2, -0.15) is 0 Å². The Kier molecular flexibility index (Phi) is 3.92. The van der Waals surface area contributed by atoms with E-state index in [1.807, 2.05) is 19.1 Å². The van der Waals surface area contributed by atoms with E-state index in [-0.39, 0.29) is 23.3 Å². The van der Waals surface area contributed by atoms with Crippen molar-refractivity contribution in [3.63, 3.8) is 0 Å². The lowest BCUT2D eigenvalue weighted by Gasteiger charge is -2.16. The molecule has 0 aliphatic carbocycles. The largest absolute Gasteiger partial charge is 0.508 e. The van der Waals surface area contributed by atoms with Crippen LogP contribution in [0.2, 0.25) is 0 Å². The number of rotatable bonds is 4. The number of aromatic hydroxyl groups is 3. The van der Waals surface area contributed by atoms with Crippen LogP contribution in [0.3, 0.4) is 0 Å². The first-order chi connectivity index (χ1) is 9.08. The average molecular weight is 259 g/mol. The van der Waals surface area contributed by atoms with Crippen molar-refractivity contribution in [3.8, 4) is 17.2 Å². The Balaban J connectivity index is 2.05. The molecular formula is C15H17NO3. The summed E-state index contributed by atoms with van der Waals surface area (Å²) < 4.78 is 0. The SMILES string of the molecule is CC(NCc1ccccc1O)c1ccc(O)cc1O. The highest BCUT2D eigenvalue weighted by Crippen LogP contribution is 2.28. The molecule has 0 saturated carbocycles. The van der Waals surface area contributed by atoms with Gasteiger partial charge < -0.3 is 20.6 Å². The second-order valence-corrected chi connectivity index (χ2v) is 4.47. The summed E-state index contributed by atoms with van der Waals surface area (Å²) >= 11 is 0. The van der Waals surface area contributed by atoms with Crippen LogP contribution in [0.4, 0.5) is 0 Å². The Hall–Kier alpha value is -2.20. The summed E-state index contributed by atoms with van der Waals surface area (Å²) in [4.78, 5) is 0. The normalized spacial score (nSPS) is 12.3. The van der Waals surface area contributed by atoms with Crippen LogP contribution in [0.1, 0.15) is 24.1 Å². The van der Waals surface area contributed by atoms with E-state index in [0.29, 0.717) is 12.1 Å². The maximum Gasteiger partial charge on any atom is 0.124 e. The molecule has 0 aliphatic heterocycles. The number of phenols is 3. The van der Waals surface area contributed by atoms with Crippen LogP contribution in [0.25, 0.3) is 0 Å². The predicted octanol–water partition coefficient (Wildman–Crippen LogP) is 2.65. The number of nitrogens with one attached hydrogen (secondary N) is 1. The molecule has 4 nitrogen and oxygen atoms in total. The average Bonchev–Trinajstić information content (AvgIpc) is 2.37. The molecule has 0 saturated heterocycles. The molecule has 2 aromatic carbocycles. The van der Waals surface area contributed by atoms with Gasteiger partial charge in [-0.25, -0.2) is 0 Å². The van der Waals surface area contributed by atoms with Gasteiger partial charge in [-0.05, 0) is 19.1 Å². The van der Waals surface area contributed by atoms with Crippen molar-refractivity contribution in [2.45, 2.75) is 19.5 Å². The van der Waals surface area contributed by atoms with Crippen LogP contribution in [0.5, 0.6) is 17.2 Å². The molecule has 4 heteroatoms. The van der Waals surface area contributed by atoms with E-state index < -0.39 is 0 Å². The van der Waals surface area contributed by atoms with Crippen molar-refractivity contribution in [1.29, 1.82) is 0 Å². The van der Waals surface area contributed by atoms with Gasteiger partial charge in [0.1, 0.15) is 17.2 Å². The fraction of sp³-hybridized carbons (Fsp3) is 0.200. The lowest BCUT2D eigenvalue weighted by Crippen LogP contribution is -2.18. The van der Waals surface area contributed by atoms with Crippen LogP contribution in [0.15, 0.2) is 42.5 Å². The van der Waals surface area contributed by atoms with Crippen molar-refractivity contribution >= 4 is 0 Å². The van der Waals surface area contributed by atoms with E-state index in [1.54, 1.807) is 18.2 Å². The minimum absolute atomic E-state index is 0.0363. The quantitative estimate of drug-likeness (QED) is 0.681. The van der Waals surface area contributed by atoms with E-state index in [9.17, 15) is 15.3 Å². The molecule has 0 spiro atoms. The number of hydrogen-bond acceptors (Lipinski definition) is 4. The Labute approximate surface area is 112 Å². The Bertz CT molecular complexity index is 569. The van der Waals surface area contributed by atoms with Gasteiger partial charge in [-0.15, -0.1) is 0 Å². The zero-order chi connectivity index (χ0) is 13.8. The van der Waals surface area contributed by atoms with Gasteiger partial charge in [-0.1, -0.05) is 24.3 Å². The summed E-state index contributed by atoms with van der Waals surface area (Å²) in [5.41, 5.74) is 1.50. The molecule has 0 aromatic heterocycles. The summed E-state index contributed by atoms with van der Waals surface area (Å²) in [5, 5.41) is 31.9. The number of hydrogen-bond donors (Lipinski definition) is 4. The zero-order valence-corrected chi connectivity index (χ0v) is 10.7. The van der Waals surface area contributed by atoms with Crippen LogP contribution in [0, 0.1) is 0 Å². The van der Waals surface area contributed by atoms with Crippen molar-refractivity contribution < 1.29 is 15.3 Å². The lowest BCUT2D eigenvalue weighted by atomic mass is 10.1. The third-order valence-corrected chi connectivity index (χ3v) is 3.07. The van der Waals surface area contributed by atoms with E-state index >= 15 is 0 Å². The monoisotopic (exact) mass is 259 g/mol. The molecule has 1 atom stereocenters. The Morgan fingerprint density at radius 1 is 1.00 bits per heavy atom. The van der Waals surface area contributed by atoms with Crippen molar-refractivity contribution in [2.24, 2.45) is 0 Å². The molecule has 1 unspecified atom stereocenters. The fourth-order valence-electron chi connectivity index (χ4n) is 1.93. The van der Waals surface area contributed by atoms with Crippen molar-refractivity contribution in [1.82, 2.24) is 5.32 Å². The second kappa shape index (κ2) is 5.63. The highest BCUT2D eigenvalue weighted by atomic mass is 16.3. The predicted molar refractivity (Wildman–Crippen MR) is 73.1 cm³/mol. The topological polar surface area (TPSA) is 72.7 Å². The minimum atomic E-state index is -0.0970. The molecule has 0 radical (unpaired) electrons. The fourth-order valence-corrected chi connectivity index (χ4v) is 1.93. The smallest absolute Gasteiger partial charge is 0.124 e. The molecule has 2 rings (SSSR count). The maximum atomic E-state index is 9.76. The first-order valence-electron chi connectivity index (χ1n) is 6.10. The lowest BCUT2D eigenvalue weighted by molar-refractivity contribution is 0.433. The number of phenolic OH excluding ortho intramolecular Hbond substituents is 3. The molecule has 0 fully saturated rings. The van der Waals surface area contributed by atoms with Gasteiger partial charge in [0, 0.05) is 29.8 Å². The van der Waals surface area contributed by atoms with Crippen molar-refractivity contribution in [2.75, 3.05) is 0 Å². The van der Waals surface area contributed by atoms with Crippen molar-refractivity contribution in [3.05, 3.63) is 53.6 Å². The van der Waals surface area contributed by atoms with Crippen LogP contribution in [-0.2, 0) is 6.54 Å². The Morgan fingerprint density at radius 2 is 1.74 bits per heavy atom. The van der Waals surface area contributed by atoms with Gasteiger partial charge >= 0.3 is 0 Å². The molecule has 0 aliphatic rings. The molecule has 0 amide bonds. The molecule has 2 aromatic rings. The number of benzene rings is 2. The standard InChI is InChI=1S/C15H17NO3/c1-10(13-7-6-12(17)8-15(13)19)16-9-11-4-2-3-5-14(11)18/h2-8,10,16-19H,9H2,1H3. The molecular weight excluding hydrogens is 242 g/mol. The molecule has 100 valence electrons. The van der Waals surface area contributed by atoms with Crippen LogP contribution >= 0.6 is 0 Å². The van der Waals surface area contributed by atoms with Gasteiger partial charge in [0.05, 0.1) is 0 Å². The second-order valence-electron chi connectivity index (χ2n) is 4.47. The maximum absolute atomic E-state index is 9.76. The van der Waals surface area contributed by atoms with Crippen LogP contribution < -0.4 is 5.32 Å². The highest BCUT2D eigenvalue weighted by Gasteiger charge is 2.11. The van der Waals surface area contributed by atoms with Gasteiger partial charge in [0.25, 0.3) is 0 Å². The summed E-state index contributed by atoms with van der Waals surface area (Å²) in [7, 11) is 0. The van der Waals surface area contributed by atoms with E-state index in [4.69, 9.17) is 0 Å². The first-order valence-corrected chi connectivity index (χ1v) is 6.10. The number of para-hydroxylation sites is 1.